The summed E-state index contributed by atoms with van der Waals surface area (Å²) in [7, 11) is -0.847. The first-order chi connectivity index (χ1) is 12.8. The van der Waals surface area contributed by atoms with Crippen LogP contribution in [-0.4, -0.2) is 57.3 Å². The monoisotopic (exact) mass is 432 g/mol. The zero-order chi connectivity index (χ0) is 20.0. The SMILES string of the molecule is CCSc1nnc(NC(=O)CN(c2ccc(OC)cc2OC)S(C)(=O)=O)s1. The molecule has 148 valence electrons. The van der Waals surface area contributed by atoms with Gasteiger partial charge in [-0.15, -0.1) is 10.2 Å². The third-order valence-electron chi connectivity index (χ3n) is 3.26. The number of carbonyl (C=O) groups is 1. The summed E-state index contributed by atoms with van der Waals surface area (Å²) in [4.78, 5) is 12.4. The second-order valence-electron chi connectivity index (χ2n) is 5.16. The molecule has 2 aromatic rings. The van der Waals surface area contributed by atoms with Crippen molar-refractivity contribution in [2.45, 2.75) is 11.3 Å². The topological polar surface area (TPSA) is 111 Å². The lowest BCUT2D eigenvalue weighted by Gasteiger charge is -2.23. The van der Waals surface area contributed by atoms with Crippen LogP contribution in [0.5, 0.6) is 11.5 Å². The molecule has 0 fully saturated rings. The highest BCUT2D eigenvalue weighted by molar-refractivity contribution is 8.01. The van der Waals surface area contributed by atoms with Crippen molar-refractivity contribution >= 4 is 49.8 Å². The standard InChI is InChI=1S/C15H20N4O5S3/c1-5-25-15-18-17-14(26-15)16-13(20)9-19(27(4,21)22)11-7-6-10(23-2)8-12(11)24-3/h6-8H,5,9H2,1-4H3,(H,16,17,20). The zero-order valence-corrected chi connectivity index (χ0v) is 17.7. The van der Waals surface area contributed by atoms with Crippen LogP contribution in [0.1, 0.15) is 6.92 Å². The van der Waals surface area contributed by atoms with E-state index in [0.717, 1.165) is 20.7 Å². The van der Waals surface area contributed by atoms with Crippen LogP contribution in [0.3, 0.4) is 0 Å². The highest BCUT2D eigenvalue weighted by Crippen LogP contribution is 2.33. The van der Waals surface area contributed by atoms with Gasteiger partial charge in [-0.2, -0.15) is 0 Å². The van der Waals surface area contributed by atoms with Gasteiger partial charge in [0.1, 0.15) is 18.0 Å². The Morgan fingerprint density at radius 1 is 1.30 bits per heavy atom. The number of methoxy groups -OCH3 is 2. The van der Waals surface area contributed by atoms with Crippen molar-refractivity contribution in [2.75, 3.05) is 42.4 Å². The number of ether oxygens (including phenoxy) is 2. The van der Waals surface area contributed by atoms with E-state index in [4.69, 9.17) is 9.47 Å². The number of benzene rings is 1. The van der Waals surface area contributed by atoms with E-state index >= 15 is 0 Å². The minimum atomic E-state index is -3.75. The average molecular weight is 433 g/mol. The first-order valence-corrected chi connectivity index (χ1v) is 11.4. The largest absolute Gasteiger partial charge is 0.497 e. The average Bonchev–Trinajstić information content (AvgIpc) is 3.05. The van der Waals surface area contributed by atoms with E-state index in [-0.39, 0.29) is 11.4 Å². The van der Waals surface area contributed by atoms with Gasteiger partial charge in [-0.1, -0.05) is 30.0 Å². The summed E-state index contributed by atoms with van der Waals surface area (Å²) in [5.41, 5.74) is 0.232. The van der Waals surface area contributed by atoms with Gasteiger partial charge in [-0.3, -0.25) is 14.4 Å². The fourth-order valence-electron chi connectivity index (χ4n) is 2.10. The van der Waals surface area contributed by atoms with E-state index in [1.54, 1.807) is 12.1 Å². The number of aromatic nitrogens is 2. The Morgan fingerprint density at radius 2 is 2.04 bits per heavy atom. The number of rotatable bonds is 9. The molecule has 1 N–H and O–H groups in total. The van der Waals surface area contributed by atoms with Crippen molar-refractivity contribution in [3.8, 4) is 11.5 Å². The van der Waals surface area contributed by atoms with Gasteiger partial charge in [-0.25, -0.2) is 8.42 Å². The molecule has 1 amide bonds. The van der Waals surface area contributed by atoms with Crippen molar-refractivity contribution < 1.29 is 22.7 Å². The van der Waals surface area contributed by atoms with Crippen molar-refractivity contribution in [1.82, 2.24) is 10.2 Å². The summed E-state index contributed by atoms with van der Waals surface area (Å²) >= 11 is 2.73. The van der Waals surface area contributed by atoms with Crippen LogP contribution in [0.4, 0.5) is 10.8 Å². The van der Waals surface area contributed by atoms with E-state index in [1.165, 1.54) is 43.4 Å². The van der Waals surface area contributed by atoms with Crippen LogP contribution in [0.25, 0.3) is 0 Å². The van der Waals surface area contributed by atoms with Gasteiger partial charge in [0.25, 0.3) is 0 Å². The Kier molecular flexibility index (Phi) is 7.27. The lowest BCUT2D eigenvalue weighted by atomic mass is 10.2. The van der Waals surface area contributed by atoms with Crippen LogP contribution in [0.2, 0.25) is 0 Å². The van der Waals surface area contributed by atoms with Gasteiger partial charge < -0.3 is 9.47 Å². The fourth-order valence-corrected chi connectivity index (χ4v) is 4.63. The molecule has 0 spiro atoms. The van der Waals surface area contributed by atoms with Crippen LogP contribution < -0.4 is 19.1 Å². The van der Waals surface area contributed by atoms with Crippen LogP contribution >= 0.6 is 23.1 Å². The third kappa shape index (κ3) is 5.71. The fraction of sp³-hybridized carbons (Fsp3) is 0.400. The molecule has 0 atom stereocenters. The first kappa shape index (κ1) is 21.3. The smallest absolute Gasteiger partial charge is 0.246 e. The number of thioether (sulfide) groups is 1. The molecule has 0 saturated heterocycles. The van der Waals surface area contributed by atoms with Crippen LogP contribution in [-0.2, 0) is 14.8 Å². The molecular weight excluding hydrogens is 412 g/mol. The summed E-state index contributed by atoms with van der Waals surface area (Å²) in [5, 5.41) is 10.7. The van der Waals surface area contributed by atoms with Gasteiger partial charge in [0, 0.05) is 6.07 Å². The molecule has 1 aromatic carbocycles. The van der Waals surface area contributed by atoms with Gasteiger partial charge >= 0.3 is 0 Å². The molecular formula is C15H20N4O5S3. The highest BCUT2D eigenvalue weighted by atomic mass is 32.2. The molecule has 2 rings (SSSR count). The minimum Gasteiger partial charge on any atom is -0.497 e. The van der Waals surface area contributed by atoms with Gasteiger partial charge in [0.2, 0.25) is 21.1 Å². The molecule has 27 heavy (non-hydrogen) atoms. The molecule has 0 aliphatic carbocycles. The summed E-state index contributed by atoms with van der Waals surface area (Å²) in [6, 6.07) is 4.66. The molecule has 0 saturated carbocycles. The second kappa shape index (κ2) is 9.24. The second-order valence-corrected chi connectivity index (χ2v) is 9.56. The van der Waals surface area contributed by atoms with Crippen molar-refractivity contribution in [2.24, 2.45) is 0 Å². The highest BCUT2D eigenvalue weighted by Gasteiger charge is 2.25. The molecule has 1 aromatic heterocycles. The van der Waals surface area contributed by atoms with E-state index in [1.807, 2.05) is 6.92 Å². The maximum absolute atomic E-state index is 12.4. The summed E-state index contributed by atoms with van der Waals surface area (Å²) in [6.45, 7) is 1.55. The van der Waals surface area contributed by atoms with Crippen LogP contribution in [0, 0.1) is 0 Å². The number of hydrogen-bond donors (Lipinski definition) is 1. The normalized spacial score (nSPS) is 11.1. The number of anilines is 2. The number of hydrogen-bond acceptors (Lipinski definition) is 9. The van der Waals surface area contributed by atoms with Gasteiger partial charge in [0.05, 0.1) is 26.2 Å². The third-order valence-corrected chi connectivity index (χ3v) is 6.24. The number of sulfonamides is 1. The molecule has 0 unspecified atom stereocenters. The predicted molar refractivity (Wildman–Crippen MR) is 107 cm³/mol. The Balaban J connectivity index is 2.23. The summed E-state index contributed by atoms with van der Waals surface area (Å²) in [6.07, 6.45) is 1.02. The maximum Gasteiger partial charge on any atom is 0.246 e. The number of nitrogens with zero attached hydrogens (tertiary/aromatic N) is 3. The number of nitrogens with one attached hydrogen (secondary N) is 1. The number of carbonyl (C=O) groups excluding carboxylic acids is 1. The molecule has 9 nitrogen and oxygen atoms in total. The number of amides is 1. The molecule has 0 aliphatic rings. The zero-order valence-electron chi connectivity index (χ0n) is 15.3. The Hall–Kier alpha value is -2.05. The Morgan fingerprint density at radius 3 is 2.63 bits per heavy atom. The predicted octanol–water partition coefficient (Wildman–Crippen LogP) is 2.07. The van der Waals surface area contributed by atoms with Crippen LogP contribution in [0.15, 0.2) is 22.5 Å². The molecule has 0 aliphatic heterocycles. The van der Waals surface area contributed by atoms with Crippen molar-refractivity contribution in [3.05, 3.63) is 18.2 Å². The lowest BCUT2D eigenvalue weighted by Crippen LogP contribution is -2.37. The van der Waals surface area contributed by atoms with Crippen molar-refractivity contribution in [1.29, 1.82) is 0 Å². The van der Waals surface area contributed by atoms with Gasteiger partial charge in [0.15, 0.2) is 4.34 Å². The quantitative estimate of drug-likeness (QED) is 0.474. The molecule has 12 heteroatoms. The Labute approximate surface area is 166 Å². The van der Waals surface area contributed by atoms with E-state index in [2.05, 4.69) is 15.5 Å². The first-order valence-electron chi connectivity index (χ1n) is 7.74. The van der Waals surface area contributed by atoms with Gasteiger partial charge in [-0.05, 0) is 17.9 Å². The van der Waals surface area contributed by atoms with E-state index in [9.17, 15) is 13.2 Å². The minimum absolute atomic E-state index is 0.232. The van der Waals surface area contributed by atoms with E-state index < -0.39 is 22.5 Å². The molecule has 0 bridgehead atoms. The Bertz CT molecular complexity index is 901. The van der Waals surface area contributed by atoms with Crippen molar-refractivity contribution in [3.63, 3.8) is 0 Å². The maximum atomic E-state index is 12.4. The lowest BCUT2D eigenvalue weighted by molar-refractivity contribution is -0.114. The summed E-state index contributed by atoms with van der Waals surface area (Å²) < 4.78 is 36.6. The van der Waals surface area contributed by atoms with E-state index in [0.29, 0.717) is 10.9 Å². The molecule has 0 radical (unpaired) electrons. The molecule has 1 heterocycles. The summed E-state index contributed by atoms with van der Waals surface area (Å²) in [5.74, 6) is 1.07.